The van der Waals surface area contributed by atoms with E-state index in [4.69, 9.17) is 20.6 Å². The van der Waals surface area contributed by atoms with Gasteiger partial charge in [0.1, 0.15) is 11.9 Å². The van der Waals surface area contributed by atoms with Gasteiger partial charge in [0.25, 0.3) is 5.91 Å². The predicted molar refractivity (Wildman–Crippen MR) is 154 cm³/mol. The van der Waals surface area contributed by atoms with Gasteiger partial charge in [-0.05, 0) is 47.4 Å². The van der Waals surface area contributed by atoms with Gasteiger partial charge >= 0.3 is 0 Å². The number of alkyl halides is 1. The third-order valence-electron chi connectivity index (χ3n) is 7.96. The molecule has 1 aliphatic carbocycles. The number of fused-ring (bicyclic) bond motifs is 3. The number of rotatable bonds is 7. The van der Waals surface area contributed by atoms with Crippen molar-refractivity contribution >= 4 is 34.9 Å². The summed E-state index contributed by atoms with van der Waals surface area (Å²) in [5.74, 6) is -2.46. The average molecular weight is 592 g/mol. The number of hydrogen-bond acceptors (Lipinski definition) is 7. The molecule has 0 bridgehead atoms. The summed E-state index contributed by atoms with van der Waals surface area (Å²) in [5, 5.41) is 15.0. The van der Waals surface area contributed by atoms with Crippen LogP contribution in [0.2, 0.25) is 0 Å². The first-order valence-electron chi connectivity index (χ1n) is 13.6. The van der Waals surface area contributed by atoms with Crippen LogP contribution in [0.3, 0.4) is 0 Å². The summed E-state index contributed by atoms with van der Waals surface area (Å²) in [6, 6.07) is 12.4. The summed E-state index contributed by atoms with van der Waals surface area (Å²) in [5.41, 5.74) is 8.91. The van der Waals surface area contributed by atoms with Gasteiger partial charge in [-0.15, -0.1) is 11.3 Å². The number of benzene rings is 2. The molecule has 2 fully saturated rings. The third kappa shape index (κ3) is 5.06. The quantitative estimate of drug-likeness (QED) is 0.245. The van der Waals surface area contributed by atoms with Gasteiger partial charge < -0.3 is 30.7 Å². The molecule has 5 N–H and O–H groups in total. The first-order chi connectivity index (χ1) is 20.2. The van der Waals surface area contributed by atoms with Crippen molar-refractivity contribution < 1.29 is 28.2 Å². The summed E-state index contributed by atoms with van der Waals surface area (Å²) in [6.07, 6.45) is -1.09. The van der Waals surface area contributed by atoms with Gasteiger partial charge in [0.05, 0.1) is 32.3 Å². The molecule has 3 aliphatic rings. The Morgan fingerprint density at radius 2 is 1.86 bits per heavy atom. The zero-order chi connectivity index (χ0) is 29.6. The van der Waals surface area contributed by atoms with Crippen LogP contribution in [0.1, 0.15) is 57.5 Å². The Balaban J connectivity index is 1.14. The van der Waals surface area contributed by atoms with Crippen LogP contribution in [-0.4, -0.2) is 66.6 Å². The number of nitrogens with one attached hydrogen (secondary N) is 3. The molecule has 2 unspecified atom stereocenters. The fourth-order valence-corrected chi connectivity index (χ4v) is 6.70. The Bertz CT molecular complexity index is 1590. The van der Waals surface area contributed by atoms with E-state index in [9.17, 15) is 18.8 Å². The molecule has 2 saturated heterocycles. The molecule has 12 heteroatoms. The van der Waals surface area contributed by atoms with Crippen molar-refractivity contribution in [3.63, 3.8) is 0 Å². The van der Waals surface area contributed by atoms with Crippen LogP contribution in [-0.2, 0) is 19.1 Å². The highest BCUT2D eigenvalue weighted by molar-refractivity contribution is 7.10. The number of ether oxygens (including phenoxy) is 2. The van der Waals surface area contributed by atoms with E-state index in [-0.39, 0.29) is 37.3 Å². The SMILES string of the molecule is C[C@@H](NC(=O)C1CC2(CN1C(=O)CNC(=O)c1ccc3c(c1)-c1ccccc1C3F)OCCO2)c1cc(C(=N)N)cs1. The van der Waals surface area contributed by atoms with Crippen LogP contribution in [0.4, 0.5) is 4.39 Å². The van der Waals surface area contributed by atoms with Gasteiger partial charge in [-0.25, -0.2) is 4.39 Å². The predicted octanol–water partition coefficient (Wildman–Crippen LogP) is 3.02. The highest BCUT2D eigenvalue weighted by Gasteiger charge is 2.52. The van der Waals surface area contributed by atoms with Gasteiger partial charge in [0, 0.05) is 27.8 Å². The molecule has 1 spiro atoms. The maximum absolute atomic E-state index is 14.9. The molecule has 3 amide bonds. The number of halogens is 1. The molecule has 3 aromatic rings. The fraction of sp³-hybridized carbons (Fsp3) is 0.333. The number of hydrogen-bond donors (Lipinski definition) is 4. The first kappa shape index (κ1) is 28.0. The van der Waals surface area contributed by atoms with Crippen molar-refractivity contribution in [1.29, 1.82) is 5.41 Å². The molecule has 1 aromatic heterocycles. The van der Waals surface area contributed by atoms with Crippen molar-refractivity contribution in [1.82, 2.24) is 15.5 Å². The van der Waals surface area contributed by atoms with Gasteiger partial charge in [0.15, 0.2) is 12.0 Å². The number of nitrogens with two attached hydrogens (primary N) is 1. The molecule has 6 rings (SSSR count). The van der Waals surface area contributed by atoms with Gasteiger partial charge in [0.2, 0.25) is 11.8 Å². The molecule has 3 atom stereocenters. The van der Waals surface area contributed by atoms with Crippen LogP contribution in [0.5, 0.6) is 0 Å². The molecule has 3 heterocycles. The molecule has 42 heavy (non-hydrogen) atoms. The van der Waals surface area contributed by atoms with Crippen LogP contribution in [0.25, 0.3) is 11.1 Å². The van der Waals surface area contributed by atoms with Crippen LogP contribution in [0.15, 0.2) is 53.9 Å². The summed E-state index contributed by atoms with van der Waals surface area (Å²) in [7, 11) is 0. The van der Waals surface area contributed by atoms with E-state index < -0.39 is 29.8 Å². The number of carbonyl (C=O) groups is 3. The maximum atomic E-state index is 14.9. The van der Waals surface area contributed by atoms with Crippen LogP contribution in [0, 0.1) is 5.41 Å². The van der Waals surface area contributed by atoms with Gasteiger partial charge in [-0.1, -0.05) is 30.3 Å². The minimum Gasteiger partial charge on any atom is -0.384 e. The molecule has 0 saturated carbocycles. The molecular formula is C30H30FN5O5S. The van der Waals surface area contributed by atoms with E-state index in [1.165, 1.54) is 16.2 Å². The Kier molecular flexibility index (Phi) is 7.29. The zero-order valence-corrected chi connectivity index (χ0v) is 23.6. The second-order valence-electron chi connectivity index (χ2n) is 10.7. The maximum Gasteiger partial charge on any atom is 0.251 e. The number of amidine groups is 1. The van der Waals surface area contributed by atoms with Gasteiger partial charge in [-0.2, -0.15) is 0 Å². The minimum absolute atomic E-state index is 0.0508. The molecular weight excluding hydrogens is 561 g/mol. The number of nitrogen functional groups attached to an aromatic ring is 1. The highest BCUT2D eigenvalue weighted by atomic mass is 32.1. The Morgan fingerprint density at radius 3 is 2.60 bits per heavy atom. The number of amides is 3. The average Bonchev–Trinajstić information content (AvgIpc) is 3.79. The topological polar surface area (TPSA) is 147 Å². The summed E-state index contributed by atoms with van der Waals surface area (Å²) in [4.78, 5) is 42.1. The minimum atomic E-state index is -1.25. The highest BCUT2D eigenvalue weighted by Crippen LogP contribution is 2.45. The fourth-order valence-electron chi connectivity index (χ4n) is 5.79. The number of likely N-dealkylation sites (tertiary alicyclic amines) is 1. The van der Waals surface area contributed by atoms with Crippen LogP contribution >= 0.6 is 11.3 Å². The van der Waals surface area contributed by atoms with Crippen molar-refractivity contribution in [2.24, 2.45) is 5.73 Å². The van der Waals surface area contributed by atoms with Crippen molar-refractivity contribution in [3.8, 4) is 11.1 Å². The van der Waals surface area contributed by atoms with E-state index >= 15 is 0 Å². The van der Waals surface area contributed by atoms with Gasteiger partial charge in [-0.3, -0.25) is 19.8 Å². The van der Waals surface area contributed by atoms with E-state index in [1.54, 1.807) is 41.8 Å². The molecule has 10 nitrogen and oxygen atoms in total. The molecule has 2 aromatic carbocycles. The normalized spacial score (nSPS) is 20.7. The van der Waals surface area contributed by atoms with Crippen LogP contribution < -0.4 is 16.4 Å². The summed E-state index contributed by atoms with van der Waals surface area (Å²) < 4.78 is 26.5. The second kappa shape index (κ2) is 10.9. The van der Waals surface area contributed by atoms with E-state index in [1.807, 2.05) is 19.1 Å². The van der Waals surface area contributed by atoms with E-state index in [0.717, 1.165) is 10.4 Å². The molecule has 0 radical (unpaired) electrons. The lowest BCUT2D eigenvalue weighted by Gasteiger charge is -2.25. The number of thiophene rings is 1. The summed E-state index contributed by atoms with van der Waals surface area (Å²) in [6.45, 7) is 2.23. The Hall–Kier alpha value is -4.13. The first-order valence-corrected chi connectivity index (χ1v) is 14.5. The monoisotopic (exact) mass is 591 g/mol. The lowest BCUT2D eigenvalue weighted by Crippen LogP contribution is -2.49. The second-order valence-corrected chi connectivity index (χ2v) is 11.6. The van der Waals surface area contributed by atoms with E-state index in [0.29, 0.717) is 41.0 Å². The standard InChI is InChI=1S/C30H30FN5O5S/c1-16(24-11-18(14-42-24)27(32)33)35-29(39)23-12-30(40-8-9-41-30)15-36(23)25(37)13-34-28(38)17-6-7-21-22(10-17)19-4-2-3-5-20(19)26(21)31/h2-7,10-11,14,16,23,26H,8-9,12-13,15H2,1H3,(H3,32,33)(H,34,38)(H,35,39)/t16-,23?,26?/m1/s1. The van der Waals surface area contributed by atoms with Crippen molar-refractivity contribution in [2.75, 3.05) is 26.3 Å². The third-order valence-corrected chi connectivity index (χ3v) is 9.07. The zero-order valence-electron chi connectivity index (χ0n) is 22.8. The smallest absolute Gasteiger partial charge is 0.251 e. The largest absolute Gasteiger partial charge is 0.384 e. The Labute approximate surface area is 245 Å². The number of nitrogens with zero attached hydrogens (tertiary/aromatic N) is 1. The number of carbonyl (C=O) groups excluding carboxylic acids is 3. The lowest BCUT2D eigenvalue weighted by molar-refractivity contribution is -0.152. The van der Waals surface area contributed by atoms with Crippen molar-refractivity contribution in [3.05, 3.63) is 81.0 Å². The van der Waals surface area contributed by atoms with E-state index in [2.05, 4.69) is 10.6 Å². The van der Waals surface area contributed by atoms with Crippen molar-refractivity contribution in [2.45, 2.75) is 37.4 Å². The lowest BCUT2D eigenvalue weighted by atomic mass is 10.0. The molecule has 218 valence electrons. The Morgan fingerprint density at radius 1 is 1.12 bits per heavy atom. The summed E-state index contributed by atoms with van der Waals surface area (Å²) >= 11 is 1.38. The molecule has 2 aliphatic heterocycles.